The third-order valence-electron chi connectivity index (χ3n) is 3.25. The molecule has 0 unspecified atom stereocenters. The predicted octanol–water partition coefficient (Wildman–Crippen LogP) is 2.16. The van der Waals surface area contributed by atoms with Crippen LogP contribution in [0.2, 0.25) is 0 Å². The molecule has 0 bridgehead atoms. The van der Waals surface area contributed by atoms with Crippen molar-refractivity contribution >= 4 is 56.1 Å². The molecule has 1 N–H and O–H groups in total. The van der Waals surface area contributed by atoms with Crippen molar-refractivity contribution in [3.05, 3.63) is 34.7 Å². The van der Waals surface area contributed by atoms with Gasteiger partial charge in [-0.25, -0.2) is 8.42 Å². The Kier molecular flexibility index (Phi) is 5.79. The molecule has 0 aromatic heterocycles. The topological polar surface area (TPSA) is 91.8 Å². The monoisotopic (exact) mass is 385 g/mol. The van der Waals surface area contributed by atoms with Crippen molar-refractivity contribution in [2.24, 2.45) is 0 Å². The van der Waals surface area contributed by atoms with E-state index in [2.05, 4.69) is 0 Å². The number of rotatable bonds is 6. The van der Waals surface area contributed by atoms with Crippen LogP contribution < -0.4 is 0 Å². The van der Waals surface area contributed by atoms with Gasteiger partial charge in [-0.2, -0.15) is 0 Å². The van der Waals surface area contributed by atoms with E-state index in [0.29, 0.717) is 21.2 Å². The van der Waals surface area contributed by atoms with Crippen molar-refractivity contribution in [3.63, 3.8) is 0 Å². The third-order valence-corrected chi connectivity index (χ3v) is 5.76. The van der Waals surface area contributed by atoms with E-state index in [-0.39, 0.29) is 23.8 Å². The third kappa shape index (κ3) is 4.65. The zero-order chi connectivity index (χ0) is 17.9. The Morgan fingerprint density at radius 2 is 1.96 bits per heavy atom. The predicted molar refractivity (Wildman–Crippen MR) is 96.3 cm³/mol. The van der Waals surface area contributed by atoms with Crippen LogP contribution in [-0.4, -0.2) is 47.4 Å². The molecule has 1 aromatic carbocycles. The molecule has 1 aromatic rings. The van der Waals surface area contributed by atoms with E-state index in [4.69, 9.17) is 17.3 Å². The molecule has 0 atom stereocenters. The van der Waals surface area contributed by atoms with E-state index in [1.165, 1.54) is 17.0 Å². The van der Waals surface area contributed by atoms with Gasteiger partial charge in [-0.05, 0) is 30.2 Å². The van der Waals surface area contributed by atoms with Crippen LogP contribution >= 0.6 is 24.0 Å². The Balaban J connectivity index is 2.12. The highest BCUT2D eigenvalue weighted by Gasteiger charge is 2.31. The lowest BCUT2D eigenvalue weighted by Crippen LogP contribution is -2.29. The van der Waals surface area contributed by atoms with Crippen LogP contribution in [0, 0.1) is 0 Å². The highest BCUT2D eigenvalue weighted by Crippen LogP contribution is 2.32. The quantitative estimate of drug-likeness (QED) is 0.592. The minimum Gasteiger partial charge on any atom is -0.481 e. The second-order valence-electron chi connectivity index (χ2n) is 5.17. The number of sulfone groups is 1. The average molecular weight is 385 g/mol. The molecule has 1 aliphatic heterocycles. The van der Waals surface area contributed by atoms with Crippen LogP contribution in [0.4, 0.5) is 0 Å². The molecule has 0 aliphatic carbocycles. The van der Waals surface area contributed by atoms with E-state index in [9.17, 15) is 18.0 Å². The summed E-state index contributed by atoms with van der Waals surface area (Å²) < 4.78 is 23.3. The zero-order valence-electron chi connectivity index (χ0n) is 12.8. The van der Waals surface area contributed by atoms with Gasteiger partial charge >= 0.3 is 5.97 Å². The summed E-state index contributed by atoms with van der Waals surface area (Å²) in [5.74, 6) is -1.18. The van der Waals surface area contributed by atoms with Gasteiger partial charge < -0.3 is 5.11 Å². The van der Waals surface area contributed by atoms with Crippen molar-refractivity contribution in [1.29, 1.82) is 0 Å². The van der Waals surface area contributed by atoms with Crippen LogP contribution in [0.25, 0.3) is 6.08 Å². The maximum atomic E-state index is 12.3. The normalized spacial score (nSPS) is 16.9. The van der Waals surface area contributed by atoms with E-state index in [1.54, 1.807) is 18.2 Å². The molecule has 9 heteroatoms. The Morgan fingerprint density at radius 1 is 1.33 bits per heavy atom. The standard InChI is InChI=1S/C15H15NO5S3/c1-24(20,21)11-6-4-10(5-7-11)9-12-14(19)16(15(22)23-12)8-2-3-13(17)18/h4-7,9H,2-3,8H2,1H3,(H,17,18)/b12-9-. The number of carbonyl (C=O) groups excluding carboxylic acids is 1. The summed E-state index contributed by atoms with van der Waals surface area (Å²) in [6.07, 6.45) is 3.08. The molecule has 128 valence electrons. The van der Waals surface area contributed by atoms with Crippen molar-refractivity contribution in [3.8, 4) is 0 Å². The highest BCUT2D eigenvalue weighted by atomic mass is 32.2. The number of carbonyl (C=O) groups is 2. The lowest BCUT2D eigenvalue weighted by Gasteiger charge is -2.13. The first kappa shape index (κ1) is 18.6. The number of carboxylic acid groups (broad SMARTS) is 1. The molecule has 0 radical (unpaired) electrons. The summed E-state index contributed by atoms with van der Waals surface area (Å²) in [7, 11) is -3.26. The smallest absolute Gasteiger partial charge is 0.303 e. The van der Waals surface area contributed by atoms with Gasteiger partial charge in [0, 0.05) is 19.2 Å². The fourth-order valence-corrected chi connectivity index (χ4v) is 3.98. The van der Waals surface area contributed by atoms with Crippen molar-refractivity contribution < 1.29 is 23.1 Å². The van der Waals surface area contributed by atoms with Gasteiger partial charge in [0.2, 0.25) is 0 Å². The molecule has 1 heterocycles. The second kappa shape index (κ2) is 7.45. The van der Waals surface area contributed by atoms with Gasteiger partial charge in [0.05, 0.1) is 9.80 Å². The van der Waals surface area contributed by atoms with E-state index < -0.39 is 15.8 Å². The molecule has 1 amide bonds. The number of hydrogen-bond acceptors (Lipinski definition) is 6. The fourth-order valence-electron chi connectivity index (χ4n) is 2.04. The molecule has 1 aliphatic rings. The molecule has 6 nitrogen and oxygen atoms in total. The van der Waals surface area contributed by atoms with Crippen LogP contribution in [-0.2, 0) is 19.4 Å². The Labute approximate surface area is 149 Å². The molecule has 24 heavy (non-hydrogen) atoms. The molecule has 1 fully saturated rings. The van der Waals surface area contributed by atoms with Gasteiger partial charge in [0.15, 0.2) is 9.84 Å². The lowest BCUT2D eigenvalue weighted by atomic mass is 10.2. The van der Waals surface area contributed by atoms with Crippen LogP contribution in [0.5, 0.6) is 0 Å². The number of carboxylic acids is 1. The number of thioether (sulfide) groups is 1. The number of aliphatic carboxylic acids is 1. The highest BCUT2D eigenvalue weighted by molar-refractivity contribution is 8.26. The van der Waals surface area contributed by atoms with Crippen LogP contribution in [0.15, 0.2) is 34.1 Å². The molecule has 1 saturated heterocycles. The van der Waals surface area contributed by atoms with Crippen molar-refractivity contribution in [2.75, 3.05) is 12.8 Å². The van der Waals surface area contributed by atoms with Crippen LogP contribution in [0.3, 0.4) is 0 Å². The lowest BCUT2D eigenvalue weighted by molar-refractivity contribution is -0.137. The molecule has 0 spiro atoms. The number of thiocarbonyl (C=S) groups is 1. The van der Waals surface area contributed by atoms with Gasteiger partial charge in [0.25, 0.3) is 5.91 Å². The summed E-state index contributed by atoms with van der Waals surface area (Å²) in [5.41, 5.74) is 0.688. The Morgan fingerprint density at radius 3 is 2.50 bits per heavy atom. The fraction of sp³-hybridized carbons (Fsp3) is 0.267. The average Bonchev–Trinajstić information content (AvgIpc) is 2.74. The Bertz CT molecular complexity index is 812. The number of hydrogen-bond donors (Lipinski definition) is 1. The first-order valence-electron chi connectivity index (χ1n) is 6.96. The van der Waals surface area contributed by atoms with E-state index in [0.717, 1.165) is 18.0 Å². The van der Waals surface area contributed by atoms with E-state index >= 15 is 0 Å². The van der Waals surface area contributed by atoms with Gasteiger partial charge in [-0.15, -0.1) is 0 Å². The zero-order valence-corrected chi connectivity index (χ0v) is 15.2. The maximum absolute atomic E-state index is 12.3. The second-order valence-corrected chi connectivity index (χ2v) is 8.86. The summed E-state index contributed by atoms with van der Waals surface area (Å²) >= 11 is 6.31. The minimum absolute atomic E-state index is 0.0247. The first-order valence-corrected chi connectivity index (χ1v) is 10.1. The number of benzene rings is 1. The van der Waals surface area contributed by atoms with Crippen molar-refractivity contribution in [1.82, 2.24) is 4.90 Å². The molecule has 0 saturated carbocycles. The Hall–Kier alpha value is -1.71. The first-order chi connectivity index (χ1) is 11.2. The number of amides is 1. The maximum Gasteiger partial charge on any atom is 0.303 e. The van der Waals surface area contributed by atoms with Crippen LogP contribution in [0.1, 0.15) is 18.4 Å². The molecule has 2 rings (SSSR count). The summed E-state index contributed by atoms with van der Waals surface area (Å²) in [6.45, 7) is 0.265. The van der Waals surface area contributed by atoms with Gasteiger partial charge in [-0.1, -0.05) is 36.1 Å². The largest absolute Gasteiger partial charge is 0.481 e. The SMILES string of the molecule is CS(=O)(=O)c1ccc(/C=C2\SC(=S)N(CCCC(=O)O)C2=O)cc1. The van der Waals surface area contributed by atoms with Gasteiger partial charge in [0.1, 0.15) is 4.32 Å². The number of nitrogens with zero attached hydrogens (tertiary/aromatic N) is 1. The summed E-state index contributed by atoms with van der Waals surface area (Å²) in [6, 6.07) is 6.20. The summed E-state index contributed by atoms with van der Waals surface area (Å²) in [5, 5.41) is 8.65. The molecular formula is C15H15NO5S3. The minimum atomic E-state index is -3.26. The molecular weight excluding hydrogens is 370 g/mol. The van der Waals surface area contributed by atoms with E-state index in [1.807, 2.05) is 0 Å². The van der Waals surface area contributed by atoms with Crippen molar-refractivity contribution in [2.45, 2.75) is 17.7 Å². The summed E-state index contributed by atoms with van der Waals surface area (Å²) in [4.78, 5) is 24.9. The van der Waals surface area contributed by atoms with Gasteiger partial charge in [-0.3, -0.25) is 14.5 Å².